The van der Waals surface area contributed by atoms with Gasteiger partial charge in [0.15, 0.2) is 0 Å². The first-order valence-electron chi connectivity index (χ1n) is 8.11. The maximum Gasteiger partial charge on any atom is 0.336 e. The van der Waals surface area contributed by atoms with Crippen molar-refractivity contribution in [2.45, 2.75) is 26.3 Å². The first kappa shape index (κ1) is 16.1. The van der Waals surface area contributed by atoms with Crippen LogP contribution in [0.15, 0.2) is 76.7 Å². The van der Waals surface area contributed by atoms with Crippen LogP contribution in [0.1, 0.15) is 31.1 Å². The normalized spacial score (nSPS) is 17.2. The molecule has 2 aromatic rings. The van der Waals surface area contributed by atoms with Gasteiger partial charge in [-0.15, -0.1) is 0 Å². The van der Waals surface area contributed by atoms with Gasteiger partial charge in [-0.3, -0.25) is 0 Å². The van der Waals surface area contributed by atoms with Gasteiger partial charge < -0.3 is 14.1 Å². The van der Waals surface area contributed by atoms with E-state index in [1.54, 1.807) is 6.26 Å². The van der Waals surface area contributed by atoms with E-state index in [9.17, 15) is 4.79 Å². The monoisotopic (exact) mass is 323 g/mol. The van der Waals surface area contributed by atoms with E-state index in [4.69, 9.17) is 9.15 Å². The molecule has 0 amide bonds. The number of furan rings is 1. The Balaban J connectivity index is 1.95. The number of allylic oxidation sites excluding steroid dienone is 2. The minimum atomic E-state index is -0.266. The fourth-order valence-electron chi connectivity index (χ4n) is 2.94. The molecule has 1 aliphatic rings. The van der Waals surface area contributed by atoms with Crippen molar-refractivity contribution in [3.05, 3.63) is 83.6 Å². The maximum atomic E-state index is 12.6. The van der Waals surface area contributed by atoms with Gasteiger partial charge in [0.2, 0.25) is 0 Å². The molecule has 0 spiro atoms. The Kier molecular flexibility index (Phi) is 4.85. The molecule has 3 rings (SSSR count). The molecule has 0 radical (unpaired) electrons. The summed E-state index contributed by atoms with van der Waals surface area (Å²) < 4.78 is 10.7. The van der Waals surface area contributed by atoms with Gasteiger partial charge >= 0.3 is 5.97 Å². The van der Waals surface area contributed by atoms with Crippen molar-refractivity contribution in [1.29, 1.82) is 0 Å². The third kappa shape index (κ3) is 3.27. The summed E-state index contributed by atoms with van der Waals surface area (Å²) in [7, 11) is 0. The van der Waals surface area contributed by atoms with E-state index in [0.717, 1.165) is 17.0 Å². The summed E-state index contributed by atoms with van der Waals surface area (Å²) in [6.07, 6.45) is 5.71. The molecular weight excluding hydrogens is 302 g/mol. The van der Waals surface area contributed by atoms with Crippen LogP contribution in [0, 0.1) is 0 Å². The lowest BCUT2D eigenvalue weighted by Gasteiger charge is -2.30. The molecule has 1 aromatic carbocycles. The van der Waals surface area contributed by atoms with E-state index in [1.165, 1.54) is 0 Å². The van der Waals surface area contributed by atoms with Crippen molar-refractivity contribution in [2.75, 3.05) is 6.61 Å². The number of nitrogens with zero attached hydrogens (tertiary/aromatic N) is 1. The summed E-state index contributed by atoms with van der Waals surface area (Å²) >= 11 is 0. The molecule has 0 saturated carbocycles. The van der Waals surface area contributed by atoms with E-state index in [-0.39, 0.29) is 11.9 Å². The number of benzene rings is 1. The molecule has 1 aromatic heterocycles. The lowest BCUT2D eigenvalue weighted by atomic mass is 9.87. The largest absolute Gasteiger partial charge is 0.467 e. The summed E-state index contributed by atoms with van der Waals surface area (Å²) in [5.41, 5.74) is 2.65. The molecule has 124 valence electrons. The number of hydrogen-bond donors (Lipinski definition) is 0. The third-order valence-electron chi connectivity index (χ3n) is 4.15. The van der Waals surface area contributed by atoms with Crippen LogP contribution in [-0.2, 0) is 16.1 Å². The average molecular weight is 323 g/mol. The summed E-state index contributed by atoms with van der Waals surface area (Å²) in [6.45, 7) is 4.72. The molecule has 0 bridgehead atoms. The second-order valence-corrected chi connectivity index (χ2v) is 5.66. The number of ether oxygens (including phenoxy) is 1. The SMILES string of the molecule is CCOC(=O)C1=C(C)N(Cc2ccco2)C=CC1c1ccccc1. The van der Waals surface area contributed by atoms with Crippen LogP contribution in [0.2, 0.25) is 0 Å². The molecule has 1 aliphatic heterocycles. The van der Waals surface area contributed by atoms with Crippen LogP contribution >= 0.6 is 0 Å². The van der Waals surface area contributed by atoms with E-state index in [2.05, 4.69) is 0 Å². The molecule has 4 nitrogen and oxygen atoms in total. The fourth-order valence-corrected chi connectivity index (χ4v) is 2.94. The molecule has 1 atom stereocenters. The van der Waals surface area contributed by atoms with Gasteiger partial charge in [-0.1, -0.05) is 36.4 Å². The highest BCUT2D eigenvalue weighted by atomic mass is 16.5. The van der Waals surface area contributed by atoms with Crippen molar-refractivity contribution in [3.8, 4) is 0 Å². The van der Waals surface area contributed by atoms with Crippen molar-refractivity contribution in [3.63, 3.8) is 0 Å². The van der Waals surface area contributed by atoms with Gasteiger partial charge in [0.25, 0.3) is 0 Å². The molecule has 0 saturated heterocycles. The second kappa shape index (κ2) is 7.21. The predicted molar refractivity (Wildman–Crippen MR) is 91.9 cm³/mol. The van der Waals surface area contributed by atoms with Crippen LogP contribution in [0.25, 0.3) is 0 Å². The van der Waals surface area contributed by atoms with Gasteiger partial charge in [-0.25, -0.2) is 4.79 Å². The van der Waals surface area contributed by atoms with Crippen molar-refractivity contribution >= 4 is 5.97 Å². The Hall–Kier alpha value is -2.75. The van der Waals surface area contributed by atoms with Crippen LogP contribution < -0.4 is 0 Å². The molecule has 4 heteroatoms. The van der Waals surface area contributed by atoms with Crippen molar-refractivity contribution < 1.29 is 13.9 Å². The lowest BCUT2D eigenvalue weighted by Crippen LogP contribution is -2.26. The zero-order valence-corrected chi connectivity index (χ0v) is 13.9. The maximum absolute atomic E-state index is 12.6. The Labute approximate surface area is 142 Å². The highest BCUT2D eigenvalue weighted by Gasteiger charge is 2.29. The fraction of sp³-hybridized carbons (Fsp3) is 0.250. The number of hydrogen-bond acceptors (Lipinski definition) is 4. The Bertz CT molecular complexity index is 744. The highest BCUT2D eigenvalue weighted by molar-refractivity contribution is 5.92. The van der Waals surface area contributed by atoms with Crippen LogP contribution in [0.3, 0.4) is 0 Å². The summed E-state index contributed by atoms with van der Waals surface area (Å²) in [6, 6.07) is 13.8. The molecule has 1 unspecified atom stereocenters. The van der Waals surface area contributed by atoms with Crippen LogP contribution in [0.4, 0.5) is 0 Å². The quantitative estimate of drug-likeness (QED) is 0.772. The number of esters is 1. The Morgan fingerprint density at radius 2 is 2.00 bits per heavy atom. The second-order valence-electron chi connectivity index (χ2n) is 5.66. The smallest absolute Gasteiger partial charge is 0.336 e. The third-order valence-corrected chi connectivity index (χ3v) is 4.15. The van der Waals surface area contributed by atoms with Crippen molar-refractivity contribution in [1.82, 2.24) is 4.90 Å². The molecular formula is C20H21NO3. The molecule has 0 fully saturated rings. The van der Waals surface area contributed by atoms with Gasteiger partial charge in [0.05, 0.1) is 25.0 Å². The van der Waals surface area contributed by atoms with E-state index >= 15 is 0 Å². The molecule has 24 heavy (non-hydrogen) atoms. The number of carbonyl (C=O) groups is 1. The minimum Gasteiger partial charge on any atom is -0.467 e. The standard InChI is InChI=1S/C20H21NO3/c1-3-23-20(22)19-15(2)21(14-17-10-7-13-24-17)12-11-18(19)16-8-5-4-6-9-16/h4-13,18H,3,14H2,1-2H3. The number of rotatable bonds is 5. The van der Waals surface area contributed by atoms with Gasteiger partial charge in [0, 0.05) is 17.8 Å². The van der Waals surface area contributed by atoms with Gasteiger partial charge in [0.1, 0.15) is 5.76 Å². The van der Waals surface area contributed by atoms with Gasteiger partial charge in [-0.05, 0) is 31.5 Å². The summed E-state index contributed by atoms with van der Waals surface area (Å²) in [5.74, 6) is 0.483. The number of carbonyl (C=O) groups excluding carboxylic acids is 1. The summed E-state index contributed by atoms with van der Waals surface area (Å²) in [5, 5.41) is 0. The van der Waals surface area contributed by atoms with E-state index < -0.39 is 0 Å². The van der Waals surface area contributed by atoms with Gasteiger partial charge in [-0.2, -0.15) is 0 Å². The highest BCUT2D eigenvalue weighted by Crippen LogP contribution is 2.34. The predicted octanol–water partition coefficient (Wildman–Crippen LogP) is 4.23. The summed E-state index contributed by atoms with van der Waals surface area (Å²) in [4.78, 5) is 14.6. The van der Waals surface area contributed by atoms with E-state index in [0.29, 0.717) is 18.7 Å². The average Bonchev–Trinajstić information content (AvgIpc) is 3.10. The van der Waals surface area contributed by atoms with E-state index in [1.807, 2.05) is 73.5 Å². The Morgan fingerprint density at radius 3 is 2.67 bits per heavy atom. The first-order valence-corrected chi connectivity index (χ1v) is 8.11. The van der Waals surface area contributed by atoms with Crippen LogP contribution in [0.5, 0.6) is 0 Å². The zero-order valence-electron chi connectivity index (χ0n) is 13.9. The Morgan fingerprint density at radius 1 is 1.21 bits per heavy atom. The minimum absolute atomic E-state index is 0.0990. The zero-order chi connectivity index (χ0) is 16.9. The van der Waals surface area contributed by atoms with Crippen molar-refractivity contribution in [2.24, 2.45) is 0 Å². The lowest BCUT2D eigenvalue weighted by molar-refractivity contribution is -0.138. The first-order chi connectivity index (χ1) is 11.7. The molecule has 2 heterocycles. The molecule has 0 aliphatic carbocycles. The van der Waals surface area contributed by atoms with Crippen LogP contribution in [-0.4, -0.2) is 17.5 Å². The molecule has 0 N–H and O–H groups in total. The topological polar surface area (TPSA) is 42.7 Å².